The number of carbonyl (C=O) groups is 1. The summed E-state index contributed by atoms with van der Waals surface area (Å²) in [6, 6.07) is 8.06. The molecule has 1 aromatic carbocycles. The van der Waals surface area contributed by atoms with Crippen molar-refractivity contribution in [3.63, 3.8) is 0 Å². The predicted octanol–water partition coefficient (Wildman–Crippen LogP) is 2.29. The average Bonchev–Trinajstić information content (AvgIpc) is 2.93. The summed E-state index contributed by atoms with van der Waals surface area (Å²) >= 11 is 0. The van der Waals surface area contributed by atoms with Crippen molar-refractivity contribution < 1.29 is 4.79 Å². The number of allylic oxidation sites excluding steroid dienone is 1. The van der Waals surface area contributed by atoms with Crippen LogP contribution in [-0.4, -0.2) is 30.0 Å². The fourth-order valence-electron chi connectivity index (χ4n) is 2.81. The molecule has 0 spiro atoms. The molecule has 1 aliphatic heterocycles. The maximum Gasteiger partial charge on any atom is 0.248 e. The van der Waals surface area contributed by atoms with Crippen LogP contribution in [0.2, 0.25) is 0 Å². The van der Waals surface area contributed by atoms with Crippen molar-refractivity contribution in [2.75, 3.05) is 23.3 Å². The lowest BCUT2D eigenvalue weighted by Crippen LogP contribution is -2.26. The largest absolute Gasteiger partial charge is 0.354 e. The van der Waals surface area contributed by atoms with Crippen LogP contribution in [0.5, 0.6) is 0 Å². The fourth-order valence-corrected chi connectivity index (χ4v) is 2.81. The van der Waals surface area contributed by atoms with Crippen LogP contribution >= 0.6 is 0 Å². The molecule has 3 N–H and O–H groups in total. The van der Waals surface area contributed by atoms with E-state index in [9.17, 15) is 4.79 Å². The number of pyridine rings is 1. The van der Waals surface area contributed by atoms with Gasteiger partial charge in [0.05, 0.1) is 0 Å². The van der Waals surface area contributed by atoms with Crippen LogP contribution in [-0.2, 0) is 4.79 Å². The molecule has 3 rings (SSSR count). The topological polar surface area (TPSA) is 71.2 Å². The van der Waals surface area contributed by atoms with Gasteiger partial charge in [0.15, 0.2) is 0 Å². The van der Waals surface area contributed by atoms with E-state index >= 15 is 0 Å². The van der Waals surface area contributed by atoms with Gasteiger partial charge in [0.1, 0.15) is 5.82 Å². The van der Waals surface area contributed by atoms with Gasteiger partial charge in [-0.3, -0.25) is 4.79 Å². The Balaban J connectivity index is 1.92. The second-order valence-corrected chi connectivity index (χ2v) is 5.55. The maximum absolute atomic E-state index is 11.6. The van der Waals surface area contributed by atoms with Crippen molar-refractivity contribution >= 4 is 28.2 Å². The van der Waals surface area contributed by atoms with E-state index in [1.54, 1.807) is 12.3 Å². The van der Waals surface area contributed by atoms with Gasteiger partial charge in [-0.15, -0.1) is 0 Å². The van der Waals surface area contributed by atoms with Gasteiger partial charge in [0.2, 0.25) is 5.91 Å². The summed E-state index contributed by atoms with van der Waals surface area (Å²) < 4.78 is 0. The Bertz CT molecular complexity index is 726. The van der Waals surface area contributed by atoms with Crippen molar-refractivity contribution in [3.8, 4) is 0 Å². The number of nitrogens with zero attached hydrogens (tertiary/aromatic N) is 2. The standard InChI is InChI=1S/C17H20N4O/c1-2-3-16(22)20-14-4-5-15-12(10-14)6-8-19-17(15)21-9-7-13(18)11-21/h2-6,8,10,13H,7,9,11,18H2,1H3,(H,20,22)/b3-2+. The van der Waals surface area contributed by atoms with Gasteiger partial charge >= 0.3 is 0 Å². The van der Waals surface area contributed by atoms with Gasteiger partial charge in [-0.1, -0.05) is 6.08 Å². The summed E-state index contributed by atoms with van der Waals surface area (Å²) in [5.74, 6) is 0.846. The molecule has 0 aliphatic carbocycles. The lowest BCUT2D eigenvalue weighted by atomic mass is 10.1. The normalized spacial score (nSPS) is 18.3. The number of carbonyl (C=O) groups excluding carboxylic acids is 1. The van der Waals surface area contributed by atoms with Crippen LogP contribution in [0.4, 0.5) is 11.5 Å². The molecule has 0 bridgehead atoms. The summed E-state index contributed by atoms with van der Waals surface area (Å²) in [4.78, 5) is 18.4. The van der Waals surface area contributed by atoms with Crippen LogP contribution < -0.4 is 16.0 Å². The Morgan fingerprint density at radius 1 is 1.45 bits per heavy atom. The van der Waals surface area contributed by atoms with Crippen molar-refractivity contribution in [1.29, 1.82) is 0 Å². The van der Waals surface area contributed by atoms with E-state index in [2.05, 4.69) is 15.2 Å². The molecule has 1 unspecified atom stereocenters. The van der Waals surface area contributed by atoms with Crippen LogP contribution in [0.15, 0.2) is 42.6 Å². The maximum atomic E-state index is 11.6. The summed E-state index contributed by atoms with van der Waals surface area (Å²) in [5.41, 5.74) is 6.77. The van der Waals surface area contributed by atoms with Gasteiger partial charge in [-0.05, 0) is 49.1 Å². The van der Waals surface area contributed by atoms with Gasteiger partial charge < -0.3 is 16.0 Å². The Morgan fingerprint density at radius 3 is 3.05 bits per heavy atom. The van der Waals surface area contributed by atoms with Gasteiger partial charge in [0.25, 0.3) is 0 Å². The molecule has 5 heteroatoms. The smallest absolute Gasteiger partial charge is 0.248 e. The van der Waals surface area contributed by atoms with E-state index in [1.165, 1.54) is 6.08 Å². The number of hydrogen-bond acceptors (Lipinski definition) is 4. The van der Waals surface area contributed by atoms with E-state index < -0.39 is 0 Å². The third-order valence-corrected chi connectivity index (χ3v) is 3.85. The second-order valence-electron chi connectivity index (χ2n) is 5.55. The number of amides is 1. The lowest BCUT2D eigenvalue weighted by molar-refractivity contribution is -0.111. The number of benzene rings is 1. The average molecular weight is 296 g/mol. The van der Waals surface area contributed by atoms with E-state index in [4.69, 9.17) is 5.73 Å². The third-order valence-electron chi connectivity index (χ3n) is 3.85. The Kier molecular flexibility index (Phi) is 4.06. The van der Waals surface area contributed by atoms with Crippen molar-refractivity contribution in [3.05, 3.63) is 42.6 Å². The molecule has 0 saturated carbocycles. The zero-order chi connectivity index (χ0) is 15.5. The van der Waals surface area contributed by atoms with Crippen LogP contribution in [0.1, 0.15) is 13.3 Å². The van der Waals surface area contributed by atoms with E-state index in [-0.39, 0.29) is 11.9 Å². The minimum Gasteiger partial charge on any atom is -0.354 e. The molecule has 5 nitrogen and oxygen atoms in total. The molecule has 0 radical (unpaired) electrons. The number of rotatable bonds is 3. The molecule has 2 heterocycles. The first kappa shape index (κ1) is 14.5. The highest BCUT2D eigenvalue weighted by Gasteiger charge is 2.21. The quantitative estimate of drug-likeness (QED) is 0.853. The number of aromatic nitrogens is 1. The molecule has 1 saturated heterocycles. The Hall–Kier alpha value is -2.40. The van der Waals surface area contributed by atoms with E-state index in [0.29, 0.717) is 0 Å². The van der Waals surface area contributed by atoms with Crippen LogP contribution in [0.3, 0.4) is 0 Å². The summed E-state index contributed by atoms with van der Waals surface area (Å²) in [6.07, 6.45) is 6.03. The molecular weight excluding hydrogens is 276 g/mol. The fraction of sp³-hybridized carbons (Fsp3) is 0.294. The minimum atomic E-state index is -0.123. The van der Waals surface area contributed by atoms with E-state index in [0.717, 1.165) is 41.8 Å². The second kappa shape index (κ2) is 6.15. The highest BCUT2D eigenvalue weighted by atomic mass is 16.1. The molecule has 1 atom stereocenters. The first-order valence-electron chi connectivity index (χ1n) is 7.50. The first-order chi connectivity index (χ1) is 10.7. The van der Waals surface area contributed by atoms with Crippen LogP contribution in [0.25, 0.3) is 10.8 Å². The van der Waals surface area contributed by atoms with Crippen LogP contribution in [0, 0.1) is 0 Å². The highest BCUT2D eigenvalue weighted by Crippen LogP contribution is 2.28. The number of anilines is 2. The SMILES string of the molecule is C/C=C/C(=O)Nc1ccc2c(N3CCC(N)C3)nccc2c1. The van der Waals surface area contributed by atoms with Gasteiger partial charge in [-0.25, -0.2) is 4.98 Å². The Labute approximate surface area is 129 Å². The summed E-state index contributed by atoms with van der Waals surface area (Å²) in [5, 5.41) is 4.99. The molecule has 1 aromatic heterocycles. The zero-order valence-corrected chi connectivity index (χ0v) is 12.6. The highest BCUT2D eigenvalue weighted by molar-refractivity contribution is 6.02. The molecule has 1 amide bonds. The van der Waals surface area contributed by atoms with Gasteiger partial charge in [-0.2, -0.15) is 0 Å². The first-order valence-corrected chi connectivity index (χ1v) is 7.50. The lowest BCUT2D eigenvalue weighted by Gasteiger charge is -2.19. The molecule has 2 aromatic rings. The number of nitrogens with two attached hydrogens (primary N) is 1. The molecule has 114 valence electrons. The van der Waals surface area contributed by atoms with Crippen molar-refractivity contribution in [2.45, 2.75) is 19.4 Å². The Morgan fingerprint density at radius 2 is 2.32 bits per heavy atom. The third kappa shape index (κ3) is 2.94. The van der Waals surface area contributed by atoms with Crippen molar-refractivity contribution in [2.24, 2.45) is 5.73 Å². The van der Waals surface area contributed by atoms with E-state index in [1.807, 2.05) is 31.2 Å². The molecular formula is C17H20N4O. The van der Waals surface area contributed by atoms with Crippen molar-refractivity contribution in [1.82, 2.24) is 4.98 Å². The number of nitrogens with one attached hydrogen (secondary N) is 1. The number of hydrogen-bond donors (Lipinski definition) is 2. The zero-order valence-electron chi connectivity index (χ0n) is 12.6. The summed E-state index contributed by atoms with van der Waals surface area (Å²) in [6.45, 7) is 3.59. The monoisotopic (exact) mass is 296 g/mol. The molecule has 1 aliphatic rings. The predicted molar refractivity (Wildman–Crippen MR) is 90.0 cm³/mol. The molecule has 1 fully saturated rings. The molecule has 22 heavy (non-hydrogen) atoms. The minimum absolute atomic E-state index is 0.123. The summed E-state index contributed by atoms with van der Waals surface area (Å²) in [7, 11) is 0. The number of fused-ring (bicyclic) bond motifs is 1. The van der Waals surface area contributed by atoms with Gasteiger partial charge in [0, 0.05) is 36.4 Å².